The van der Waals surface area contributed by atoms with Gasteiger partial charge in [0.1, 0.15) is 0 Å². The number of carboxylic acid groups (broad SMARTS) is 1. The second kappa shape index (κ2) is 4.88. The van der Waals surface area contributed by atoms with Gasteiger partial charge in [-0.1, -0.05) is 0 Å². The van der Waals surface area contributed by atoms with Crippen LogP contribution in [0.25, 0.3) is 11.3 Å². The van der Waals surface area contributed by atoms with Crippen molar-refractivity contribution >= 4 is 5.97 Å². The quantitative estimate of drug-likeness (QED) is 0.897. The number of rotatable bonds is 3. The molecule has 0 aliphatic rings. The number of methoxy groups -OCH3 is 1. The third-order valence-corrected chi connectivity index (χ3v) is 3.36. The van der Waals surface area contributed by atoms with Crippen molar-refractivity contribution < 1.29 is 19.7 Å². The number of hydrogen-bond donors (Lipinski definition) is 2. The molecule has 1 heterocycles. The van der Waals surface area contributed by atoms with Crippen LogP contribution in [0.15, 0.2) is 12.1 Å². The van der Waals surface area contributed by atoms with Gasteiger partial charge in [0, 0.05) is 12.6 Å². The van der Waals surface area contributed by atoms with Crippen molar-refractivity contribution in [2.24, 2.45) is 7.05 Å². The Morgan fingerprint density at radius 2 is 2.00 bits per heavy atom. The zero-order valence-corrected chi connectivity index (χ0v) is 11.8. The van der Waals surface area contributed by atoms with Crippen LogP contribution >= 0.6 is 0 Å². The van der Waals surface area contributed by atoms with Crippen LogP contribution in [0.3, 0.4) is 0 Å². The predicted octanol–water partition coefficient (Wildman–Crippen LogP) is 2.12. The van der Waals surface area contributed by atoms with Gasteiger partial charge in [-0.05, 0) is 37.1 Å². The van der Waals surface area contributed by atoms with Crippen molar-refractivity contribution in [1.82, 2.24) is 9.78 Å². The Bertz CT molecular complexity index is 689. The summed E-state index contributed by atoms with van der Waals surface area (Å²) in [5.74, 6) is -0.777. The van der Waals surface area contributed by atoms with E-state index < -0.39 is 5.97 Å². The van der Waals surface area contributed by atoms with Crippen LogP contribution in [0.1, 0.15) is 21.6 Å². The molecule has 0 aliphatic carbocycles. The van der Waals surface area contributed by atoms with Crippen LogP contribution < -0.4 is 4.74 Å². The number of phenols is 1. The van der Waals surface area contributed by atoms with E-state index in [0.29, 0.717) is 17.0 Å². The van der Waals surface area contributed by atoms with Gasteiger partial charge in [-0.25, -0.2) is 4.79 Å². The van der Waals surface area contributed by atoms with Gasteiger partial charge in [-0.2, -0.15) is 5.10 Å². The summed E-state index contributed by atoms with van der Waals surface area (Å²) < 4.78 is 6.58. The highest BCUT2D eigenvalue weighted by molar-refractivity contribution is 5.88. The summed E-state index contributed by atoms with van der Waals surface area (Å²) in [5, 5.41) is 23.2. The highest BCUT2D eigenvalue weighted by Gasteiger charge is 2.20. The van der Waals surface area contributed by atoms with E-state index in [2.05, 4.69) is 5.10 Å². The predicted molar refractivity (Wildman–Crippen MR) is 73.3 cm³/mol. The first-order chi connectivity index (χ1) is 9.36. The molecule has 106 valence electrons. The largest absolute Gasteiger partial charge is 0.504 e. The van der Waals surface area contributed by atoms with E-state index in [9.17, 15) is 9.90 Å². The fourth-order valence-corrected chi connectivity index (χ4v) is 2.15. The Kier molecular flexibility index (Phi) is 3.40. The smallest absolute Gasteiger partial charge is 0.356 e. The van der Waals surface area contributed by atoms with E-state index >= 15 is 0 Å². The molecule has 6 nitrogen and oxygen atoms in total. The van der Waals surface area contributed by atoms with E-state index in [0.717, 1.165) is 11.1 Å². The van der Waals surface area contributed by atoms with Gasteiger partial charge < -0.3 is 14.9 Å². The normalized spacial score (nSPS) is 10.6. The number of aromatic carboxylic acids is 1. The molecule has 0 fully saturated rings. The van der Waals surface area contributed by atoms with Gasteiger partial charge >= 0.3 is 5.97 Å². The highest BCUT2D eigenvalue weighted by Crippen LogP contribution is 2.41. The number of carbonyl (C=O) groups is 1. The van der Waals surface area contributed by atoms with E-state index in [-0.39, 0.29) is 11.4 Å². The molecule has 2 N–H and O–H groups in total. The zero-order chi connectivity index (χ0) is 15.0. The van der Waals surface area contributed by atoms with Gasteiger partial charge in [0.15, 0.2) is 17.2 Å². The molecule has 0 radical (unpaired) electrons. The molecule has 0 saturated carbocycles. The minimum absolute atomic E-state index is 0.0180. The Hall–Kier alpha value is -2.50. The van der Waals surface area contributed by atoms with Gasteiger partial charge in [-0.15, -0.1) is 0 Å². The minimum Gasteiger partial charge on any atom is -0.504 e. The maximum atomic E-state index is 11.0. The van der Waals surface area contributed by atoms with Crippen LogP contribution in [0.4, 0.5) is 0 Å². The summed E-state index contributed by atoms with van der Waals surface area (Å²) >= 11 is 0. The zero-order valence-electron chi connectivity index (χ0n) is 11.8. The number of aryl methyl sites for hydroxylation is 2. The molecular formula is C14H16N2O4. The summed E-state index contributed by atoms with van der Waals surface area (Å²) in [6.45, 7) is 3.76. The molecule has 1 aromatic carbocycles. The number of aromatic nitrogens is 2. The summed E-state index contributed by atoms with van der Waals surface area (Å²) in [6, 6.07) is 3.17. The van der Waals surface area contributed by atoms with Crippen LogP contribution in [0.5, 0.6) is 11.5 Å². The lowest BCUT2D eigenvalue weighted by molar-refractivity contribution is 0.0689. The molecule has 0 bridgehead atoms. The van der Waals surface area contributed by atoms with Gasteiger partial charge in [0.05, 0.1) is 12.8 Å². The average Bonchev–Trinajstić information content (AvgIpc) is 2.77. The lowest BCUT2D eigenvalue weighted by Gasteiger charge is -2.14. The molecule has 6 heteroatoms. The van der Waals surface area contributed by atoms with Crippen LogP contribution in [-0.2, 0) is 7.05 Å². The topological polar surface area (TPSA) is 84.6 Å². The molecule has 0 unspecified atom stereocenters. The van der Waals surface area contributed by atoms with E-state index in [1.54, 1.807) is 13.1 Å². The van der Waals surface area contributed by atoms with Crippen molar-refractivity contribution in [3.63, 3.8) is 0 Å². The second-order valence-corrected chi connectivity index (χ2v) is 4.59. The lowest BCUT2D eigenvalue weighted by Crippen LogP contribution is -2.00. The molecule has 0 amide bonds. The molecule has 0 saturated heterocycles. The van der Waals surface area contributed by atoms with Crippen LogP contribution in [0.2, 0.25) is 0 Å². The fraction of sp³-hybridized carbons (Fsp3) is 0.286. The van der Waals surface area contributed by atoms with Gasteiger partial charge in [0.25, 0.3) is 0 Å². The minimum atomic E-state index is -1.11. The lowest BCUT2D eigenvalue weighted by atomic mass is 9.98. The Morgan fingerprint density at radius 3 is 2.50 bits per heavy atom. The average molecular weight is 276 g/mol. The van der Waals surface area contributed by atoms with Gasteiger partial charge in [0.2, 0.25) is 0 Å². The Labute approximate surface area is 116 Å². The maximum absolute atomic E-state index is 11.0. The third kappa shape index (κ3) is 2.09. The Balaban J connectivity index is 2.75. The number of hydrogen-bond acceptors (Lipinski definition) is 4. The monoisotopic (exact) mass is 276 g/mol. The van der Waals surface area contributed by atoms with Crippen molar-refractivity contribution in [2.75, 3.05) is 7.11 Å². The number of nitrogens with zero attached hydrogens (tertiary/aromatic N) is 2. The summed E-state index contributed by atoms with van der Waals surface area (Å²) in [7, 11) is 3.11. The SMILES string of the molecule is COc1cc(C)c(C)c(-c2cc(C(=O)O)nn2C)c1O. The molecule has 2 rings (SSSR count). The number of carboxylic acids is 1. The first kappa shape index (κ1) is 13.9. The number of ether oxygens (including phenoxy) is 1. The standard InChI is InChI=1S/C14H16N2O4/c1-7-5-11(20-4)13(17)12(8(7)2)10-6-9(14(18)19)15-16(10)3/h5-6,17H,1-4H3,(H,18,19). The van der Waals surface area contributed by atoms with Crippen molar-refractivity contribution in [2.45, 2.75) is 13.8 Å². The van der Waals surface area contributed by atoms with Crippen molar-refractivity contribution in [1.29, 1.82) is 0 Å². The molecule has 2 aromatic rings. The second-order valence-electron chi connectivity index (χ2n) is 4.59. The molecule has 0 aliphatic heterocycles. The van der Waals surface area contributed by atoms with E-state index in [1.165, 1.54) is 17.9 Å². The summed E-state index contributed by atoms with van der Waals surface area (Å²) in [6.07, 6.45) is 0. The number of phenolic OH excluding ortho intramolecular Hbond substituents is 1. The van der Waals surface area contributed by atoms with Crippen LogP contribution in [0, 0.1) is 13.8 Å². The van der Waals surface area contributed by atoms with Crippen molar-refractivity contribution in [3.05, 3.63) is 29.0 Å². The molecule has 1 aromatic heterocycles. The fourth-order valence-electron chi connectivity index (χ4n) is 2.15. The summed E-state index contributed by atoms with van der Waals surface area (Å²) in [4.78, 5) is 11.0. The van der Waals surface area contributed by atoms with Crippen molar-refractivity contribution in [3.8, 4) is 22.8 Å². The number of benzene rings is 1. The van der Waals surface area contributed by atoms with Crippen LogP contribution in [-0.4, -0.2) is 33.1 Å². The Morgan fingerprint density at radius 1 is 1.35 bits per heavy atom. The van der Waals surface area contributed by atoms with E-state index in [1.807, 2.05) is 13.8 Å². The summed E-state index contributed by atoms with van der Waals surface area (Å²) in [5.41, 5.74) is 2.78. The molecule has 0 atom stereocenters. The molecule has 20 heavy (non-hydrogen) atoms. The van der Waals surface area contributed by atoms with Gasteiger partial charge in [-0.3, -0.25) is 4.68 Å². The molecule has 0 spiro atoms. The first-order valence-electron chi connectivity index (χ1n) is 6.01. The van der Waals surface area contributed by atoms with E-state index in [4.69, 9.17) is 9.84 Å². The third-order valence-electron chi connectivity index (χ3n) is 3.36. The maximum Gasteiger partial charge on any atom is 0.356 e. The first-order valence-corrected chi connectivity index (χ1v) is 6.01. The number of aromatic hydroxyl groups is 1. The molecular weight excluding hydrogens is 260 g/mol. The highest BCUT2D eigenvalue weighted by atomic mass is 16.5.